The molecule has 6 heteroatoms. The first kappa shape index (κ1) is 17.2. The molecule has 0 spiro atoms. The summed E-state index contributed by atoms with van der Waals surface area (Å²) in [6.45, 7) is 3.87. The van der Waals surface area contributed by atoms with Gasteiger partial charge in [-0.2, -0.15) is 5.10 Å². The SMILES string of the molecule is Cc1nn([C@@H]2CCS(=O)(=O)C2)c(C)c1/C=C1\CCc2ccccc2C1=O. The summed E-state index contributed by atoms with van der Waals surface area (Å²) in [5.41, 5.74) is 5.41. The lowest BCUT2D eigenvalue weighted by atomic mass is 9.86. The molecule has 1 fully saturated rings. The summed E-state index contributed by atoms with van der Waals surface area (Å²) in [4.78, 5) is 12.8. The van der Waals surface area contributed by atoms with Crippen LogP contribution in [0.15, 0.2) is 29.8 Å². The second-order valence-corrected chi connectivity index (χ2v) is 9.47. The van der Waals surface area contributed by atoms with Gasteiger partial charge in [-0.3, -0.25) is 9.48 Å². The molecule has 0 unspecified atom stereocenters. The number of aryl methyl sites for hydroxylation is 2. The average molecular weight is 370 g/mol. The zero-order valence-electron chi connectivity index (χ0n) is 15.0. The van der Waals surface area contributed by atoms with Crippen LogP contribution in [0.5, 0.6) is 0 Å². The predicted octanol–water partition coefficient (Wildman–Crippen LogP) is 3.07. The molecule has 136 valence electrons. The number of aromatic nitrogens is 2. The molecule has 26 heavy (non-hydrogen) atoms. The van der Waals surface area contributed by atoms with E-state index in [1.165, 1.54) is 0 Å². The van der Waals surface area contributed by atoms with E-state index in [-0.39, 0.29) is 23.3 Å². The lowest BCUT2D eigenvalue weighted by Crippen LogP contribution is -2.14. The van der Waals surface area contributed by atoms with Crippen molar-refractivity contribution in [2.24, 2.45) is 0 Å². The first-order valence-electron chi connectivity index (χ1n) is 8.95. The van der Waals surface area contributed by atoms with Crippen molar-refractivity contribution in [1.29, 1.82) is 0 Å². The number of ketones is 1. The van der Waals surface area contributed by atoms with Gasteiger partial charge in [-0.25, -0.2) is 8.42 Å². The standard InChI is InChI=1S/C20H22N2O3S/c1-13-19(14(2)22(21-13)17-9-10-26(24,25)12-17)11-16-8-7-15-5-3-4-6-18(15)20(16)23/h3-6,11,17H,7-10,12H2,1-2H3/b16-11+/t17-/m1/s1. The molecule has 2 aromatic rings. The molecule has 2 aliphatic rings. The van der Waals surface area contributed by atoms with Crippen molar-refractivity contribution in [2.45, 2.75) is 39.2 Å². The van der Waals surface area contributed by atoms with Crippen LogP contribution in [0.25, 0.3) is 6.08 Å². The van der Waals surface area contributed by atoms with Crippen LogP contribution in [0.4, 0.5) is 0 Å². The highest BCUT2D eigenvalue weighted by atomic mass is 32.2. The lowest BCUT2D eigenvalue weighted by Gasteiger charge is -2.17. The van der Waals surface area contributed by atoms with Crippen LogP contribution >= 0.6 is 0 Å². The molecule has 0 saturated carbocycles. The van der Waals surface area contributed by atoms with E-state index in [9.17, 15) is 13.2 Å². The van der Waals surface area contributed by atoms with Gasteiger partial charge in [-0.15, -0.1) is 0 Å². The van der Waals surface area contributed by atoms with Crippen LogP contribution in [-0.2, 0) is 16.3 Å². The van der Waals surface area contributed by atoms with Crippen molar-refractivity contribution < 1.29 is 13.2 Å². The van der Waals surface area contributed by atoms with E-state index >= 15 is 0 Å². The Labute approximate surface area is 153 Å². The minimum absolute atomic E-state index is 0.0850. The summed E-state index contributed by atoms with van der Waals surface area (Å²) in [6, 6.07) is 7.66. The van der Waals surface area contributed by atoms with E-state index < -0.39 is 9.84 Å². The maximum atomic E-state index is 12.8. The number of allylic oxidation sites excluding steroid dienone is 1. The van der Waals surface area contributed by atoms with Gasteiger partial charge in [-0.1, -0.05) is 24.3 Å². The number of carbonyl (C=O) groups excluding carboxylic acids is 1. The van der Waals surface area contributed by atoms with Gasteiger partial charge in [0.1, 0.15) is 0 Å². The molecule has 0 N–H and O–H groups in total. The molecule has 2 heterocycles. The Morgan fingerprint density at radius 3 is 2.69 bits per heavy atom. The lowest BCUT2D eigenvalue weighted by molar-refractivity contribution is 0.102. The van der Waals surface area contributed by atoms with E-state index in [4.69, 9.17) is 0 Å². The third-order valence-corrected chi connectivity index (χ3v) is 7.22. The van der Waals surface area contributed by atoms with Crippen LogP contribution < -0.4 is 0 Å². The predicted molar refractivity (Wildman–Crippen MR) is 101 cm³/mol. The quantitative estimate of drug-likeness (QED) is 0.762. The first-order valence-corrected chi connectivity index (χ1v) is 10.8. The van der Waals surface area contributed by atoms with Gasteiger partial charge in [0.05, 0.1) is 23.2 Å². The highest BCUT2D eigenvalue weighted by Crippen LogP contribution is 2.30. The van der Waals surface area contributed by atoms with Crippen LogP contribution in [0, 0.1) is 13.8 Å². The van der Waals surface area contributed by atoms with Crippen molar-refractivity contribution in [3.8, 4) is 0 Å². The average Bonchev–Trinajstić information content (AvgIpc) is 3.10. The molecule has 1 atom stereocenters. The second-order valence-electron chi connectivity index (χ2n) is 7.24. The number of benzene rings is 1. The normalized spacial score (nSPS) is 23.4. The Bertz CT molecular complexity index is 1030. The summed E-state index contributed by atoms with van der Waals surface area (Å²) in [6.07, 6.45) is 4.14. The van der Waals surface area contributed by atoms with E-state index in [2.05, 4.69) is 5.10 Å². The smallest absolute Gasteiger partial charge is 0.189 e. The van der Waals surface area contributed by atoms with Gasteiger partial charge in [0.15, 0.2) is 15.6 Å². The Morgan fingerprint density at radius 1 is 1.19 bits per heavy atom. The van der Waals surface area contributed by atoms with Gasteiger partial charge in [0.2, 0.25) is 0 Å². The number of hydrogen-bond donors (Lipinski definition) is 0. The number of nitrogens with zero attached hydrogens (tertiary/aromatic N) is 2. The Kier molecular flexibility index (Phi) is 4.10. The second kappa shape index (κ2) is 6.20. The van der Waals surface area contributed by atoms with Gasteiger partial charge >= 0.3 is 0 Å². The third-order valence-electron chi connectivity index (χ3n) is 5.47. The van der Waals surface area contributed by atoms with Crippen LogP contribution in [0.1, 0.15) is 51.8 Å². The van der Waals surface area contributed by atoms with Crippen LogP contribution in [-0.4, -0.2) is 35.5 Å². The number of sulfone groups is 1. The summed E-state index contributed by atoms with van der Waals surface area (Å²) in [5, 5.41) is 4.59. The monoisotopic (exact) mass is 370 g/mol. The largest absolute Gasteiger partial charge is 0.289 e. The Hall–Kier alpha value is -2.21. The van der Waals surface area contributed by atoms with Crippen molar-refractivity contribution in [1.82, 2.24) is 9.78 Å². The number of fused-ring (bicyclic) bond motifs is 1. The summed E-state index contributed by atoms with van der Waals surface area (Å²) >= 11 is 0. The number of rotatable bonds is 2. The third kappa shape index (κ3) is 2.92. The molecule has 0 amide bonds. The molecular weight excluding hydrogens is 348 g/mol. The fraction of sp³-hybridized carbons (Fsp3) is 0.400. The molecular formula is C20H22N2O3S. The van der Waals surface area contributed by atoms with E-state index in [1.54, 1.807) is 0 Å². The Balaban J connectivity index is 1.69. The topological polar surface area (TPSA) is 69.0 Å². The summed E-state index contributed by atoms with van der Waals surface area (Å²) in [5.74, 6) is 0.459. The van der Waals surface area contributed by atoms with E-state index in [0.29, 0.717) is 6.42 Å². The maximum absolute atomic E-state index is 12.8. The van der Waals surface area contributed by atoms with Gasteiger partial charge < -0.3 is 0 Å². The van der Waals surface area contributed by atoms with Crippen molar-refractivity contribution >= 4 is 21.7 Å². The van der Waals surface area contributed by atoms with Crippen molar-refractivity contribution in [3.05, 3.63) is 57.9 Å². The highest BCUT2D eigenvalue weighted by molar-refractivity contribution is 7.91. The van der Waals surface area contributed by atoms with Crippen molar-refractivity contribution in [2.75, 3.05) is 11.5 Å². The molecule has 0 radical (unpaired) electrons. The van der Waals surface area contributed by atoms with Gasteiger partial charge in [0, 0.05) is 22.4 Å². The molecule has 1 aromatic carbocycles. The maximum Gasteiger partial charge on any atom is 0.189 e. The first-order chi connectivity index (χ1) is 12.4. The number of carbonyl (C=O) groups is 1. The van der Waals surface area contributed by atoms with Crippen molar-refractivity contribution in [3.63, 3.8) is 0 Å². The highest BCUT2D eigenvalue weighted by Gasteiger charge is 2.31. The van der Waals surface area contributed by atoms with E-state index in [1.807, 2.05) is 48.9 Å². The minimum atomic E-state index is -2.96. The Morgan fingerprint density at radius 2 is 1.96 bits per heavy atom. The van der Waals surface area contributed by atoms with Crippen LogP contribution in [0.3, 0.4) is 0 Å². The molecule has 1 aliphatic heterocycles. The summed E-state index contributed by atoms with van der Waals surface area (Å²) < 4.78 is 25.4. The number of Topliss-reactive ketones (excluding diaryl/α,β-unsaturated/α-hetero) is 1. The van der Waals surface area contributed by atoms with Crippen LogP contribution in [0.2, 0.25) is 0 Å². The molecule has 1 aliphatic carbocycles. The zero-order chi connectivity index (χ0) is 18.5. The van der Waals surface area contributed by atoms with E-state index in [0.717, 1.165) is 46.5 Å². The fourth-order valence-electron chi connectivity index (χ4n) is 4.04. The summed E-state index contributed by atoms with van der Waals surface area (Å²) in [7, 11) is -2.96. The molecule has 5 nitrogen and oxygen atoms in total. The molecule has 4 rings (SSSR count). The molecule has 0 bridgehead atoms. The van der Waals surface area contributed by atoms with Gasteiger partial charge in [0.25, 0.3) is 0 Å². The molecule has 1 saturated heterocycles. The number of hydrogen-bond acceptors (Lipinski definition) is 4. The zero-order valence-corrected chi connectivity index (χ0v) is 15.8. The molecule has 1 aromatic heterocycles. The van der Waals surface area contributed by atoms with Gasteiger partial charge in [-0.05, 0) is 44.7 Å². The minimum Gasteiger partial charge on any atom is -0.289 e. The fourth-order valence-corrected chi connectivity index (χ4v) is 5.73.